The van der Waals surface area contributed by atoms with Crippen molar-refractivity contribution < 1.29 is 18.2 Å². The summed E-state index contributed by atoms with van der Waals surface area (Å²) in [4.78, 5) is 19.6. The number of nitrogens with one attached hydrogen (secondary N) is 3. The molecule has 0 spiro atoms. The van der Waals surface area contributed by atoms with Crippen LogP contribution in [-0.2, 0) is 11.3 Å². The molecule has 8 nitrogen and oxygen atoms in total. The second-order valence-corrected chi connectivity index (χ2v) is 5.88. The number of hydrogen-bond donors (Lipinski definition) is 4. The molecule has 0 saturated carbocycles. The van der Waals surface area contributed by atoms with Crippen LogP contribution in [0, 0.1) is 11.2 Å². The van der Waals surface area contributed by atoms with Crippen LogP contribution in [0.4, 0.5) is 20.7 Å². The Kier molecular flexibility index (Phi) is 11.8. The molecule has 2 aromatic heterocycles. The Balaban J connectivity index is -0.000000730. The maximum atomic E-state index is 11.9. The molecule has 0 fully saturated rings. The van der Waals surface area contributed by atoms with E-state index in [2.05, 4.69) is 33.8 Å². The van der Waals surface area contributed by atoms with Gasteiger partial charge in [-0.25, -0.2) is 14.2 Å². The summed E-state index contributed by atoms with van der Waals surface area (Å²) >= 11 is 0. The van der Waals surface area contributed by atoms with Crippen molar-refractivity contribution in [2.75, 3.05) is 17.6 Å². The van der Waals surface area contributed by atoms with Crippen molar-refractivity contribution in [3.8, 4) is 0 Å². The zero-order valence-corrected chi connectivity index (χ0v) is 17.8. The van der Waals surface area contributed by atoms with E-state index in [1.165, 1.54) is 24.4 Å². The van der Waals surface area contributed by atoms with E-state index < -0.39 is 0 Å². The number of aromatic nitrogens is 2. The molecule has 0 saturated heterocycles. The first-order chi connectivity index (χ1) is 15.5. The van der Waals surface area contributed by atoms with Gasteiger partial charge in [0.1, 0.15) is 18.2 Å². The van der Waals surface area contributed by atoms with Gasteiger partial charge in [0.2, 0.25) is 5.90 Å². The summed E-state index contributed by atoms with van der Waals surface area (Å²) < 4.78 is 17.3. The van der Waals surface area contributed by atoms with Gasteiger partial charge in [0.15, 0.2) is 0 Å². The van der Waals surface area contributed by atoms with Crippen molar-refractivity contribution >= 4 is 23.4 Å². The van der Waals surface area contributed by atoms with Gasteiger partial charge in [0.25, 0.3) is 0 Å². The molecule has 0 atom stereocenters. The highest BCUT2D eigenvalue weighted by atomic mass is 19.1. The summed E-state index contributed by atoms with van der Waals surface area (Å²) in [5, 5.41) is 13.1. The molecule has 174 valence electrons. The predicted molar refractivity (Wildman–Crippen MR) is 131 cm³/mol. The van der Waals surface area contributed by atoms with Gasteiger partial charge in [-0.2, -0.15) is 0 Å². The number of hydrogen-bond acceptors (Lipinski definition) is 6. The lowest BCUT2D eigenvalue weighted by atomic mass is 10.2. The van der Waals surface area contributed by atoms with E-state index in [-0.39, 0.29) is 34.3 Å². The van der Waals surface area contributed by atoms with E-state index in [1.807, 2.05) is 13.0 Å². The van der Waals surface area contributed by atoms with E-state index >= 15 is 0 Å². The number of amides is 2. The van der Waals surface area contributed by atoms with Gasteiger partial charge in [-0.05, 0) is 31.2 Å². The summed E-state index contributed by atoms with van der Waals surface area (Å²) in [6.07, 6.45) is 3.04. The molecule has 0 unspecified atom stereocenters. The SMILES string of the molecule is C=C.CCNC(=O)Nc1cc(N)c(C(=N)OCc2ccccn2)cn1.Fc1ccccc1.[HH].[HH].[HH]. The molecule has 0 aliphatic heterocycles. The second kappa shape index (κ2) is 14.7. The number of nitrogens with two attached hydrogens (primary N) is 1. The zero-order valence-electron chi connectivity index (χ0n) is 17.8. The number of nitrogen functional groups attached to an aromatic ring is 1. The van der Waals surface area contributed by atoms with Crippen LogP contribution in [0.2, 0.25) is 0 Å². The molecule has 1 aromatic carbocycles. The lowest BCUT2D eigenvalue weighted by molar-refractivity contribution is 0.252. The third-order valence-electron chi connectivity index (χ3n) is 3.58. The van der Waals surface area contributed by atoms with Crippen molar-refractivity contribution in [2.45, 2.75) is 13.5 Å². The van der Waals surface area contributed by atoms with E-state index in [4.69, 9.17) is 15.9 Å². The van der Waals surface area contributed by atoms with Gasteiger partial charge in [0, 0.05) is 35.0 Å². The van der Waals surface area contributed by atoms with Crippen LogP contribution in [-0.4, -0.2) is 28.4 Å². The quantitative estimate of drug-likeness (QED) is 0.247. The highest BCUT2D eigenvalue weighted by molar-refractivity contribution is 5.97. The molecule has 5 N–H and O–H groups in total. The molecule has 3 rings (SSSR count). The number of anilines is 2. The van der Waals surface area contributed by atoms with Crippen LogP contribution in [0.15, 0.2) is 80.1 Å². The summed E-state index contributed by atoms with van der Waals surface area (Å²) in [5.41, 5.74) is 7.24. The van der Waals surface area contributed by atoms with Crippen LogP contribution in [0.3, 0.4) is 0 Å². The minimum Gasteiger partial charge on any atom is -0.471 e. The molecule has 0 aliphatic rings. The third-order valence-corrected chi connectivity index (χ3v) is 3.58. The van der Waals surface area contributed by atoms with Crippen molar-refractivity contribution in [1.29, 1.82) is 5.41 Å². The maximum absolute atomic E-state index is 11.9. The number of urea groups is 1. The molecule has 2 heterocycles. The van der Waals surface area contributed by atoms with Gasteiger partial charge < -0.3 is 15.8 Å². The molecular weight excluding hydrogens is 411 g/mol. The first kappa shape index (κ1) is 25.8. The number of benzene rings is 1. The van der Waals surface area contributed by atoms with E-state index in [0.717, 1.165) is 0 Å². The topological polar surface area (TPSA) is 126 Å². The van der Waals surface area contributed by atoms with Gasteiger partial charge >= 0.3 is 6.03 Å². The van der Waals surface area contributed by atoms with Gasteiger partial charge in [-0.3, -0.25) is 15.7 Å². The van der Waals surface area contributed by atoms with Crippen LogP contribution in [0.1, 0.15) is 22.5 Å². The Morgan fingerprint density at radius 1 is 1.19 bits per heavy atom. The zero-order chi connectivity index (χ0) is 23.8. The fourth-order valence-corrected chi connectivity index (χ4v) is 2.17. The van der Waals surface area contributed by atoms with Gasteiger partial charge in [-0.1, -0.05) is 24.3 Å². The highest BCUT2D eigenvalue weighted by Gasteiger charge is 2.11. The van der Waals surface area contributed by atoms with Crippen LogP contribution in [0.5, 0.6) is 0 Å². The Bertz CT molecular complexity index is 986. The molecule has 0 aliphatic carbocycles. The fraction of sp³-hybridized carbons (Fsp3) is 0.130. The molecule has 2 amide bonds. The standard InChI is InChI=1S/C15H18N6O2.C6H5F.C2H4.3H2/c1-2-18-15(22)21-13-7-12(16)11(8-20-13)14(17)23-9-10-5-3-4-6-19-10;7-6-4-2-1-3-5-6;1-2;;;/h3-8,17H,2,9H2,1H3,(H4,16,18,20,21,22);1-5H;1-2H2;3*1H. The highest BCUT2D eigenvalue weighted by Crippen LogP contribution is 2.16. The first-order valence-electron chi connectivity index (χ1n) is 9.62. The predicted octanol–water partition coefficient (Wildman–Crippen LogP) is 5.11. The van der Waals surface area contributed by atoms with Crippen molar-refractivity contribution in [1.82, 2.24) is 15.3 Å². The summed E-state index contributed by atoms with van der Waals surface area (Å²) in [6.45, 7) is 8.48. The second-order valence-electron chi connectivity index (χ2n) is 5.88. The van der Waals surface area contributed by atoms with Crippen LogP contribution >= 0.6 is 0 Å². The van der Waals surface area contributed by atoms with E-state index in [0.29, 0.717) is 23.6 Å². The normalized spacial score (nSPS) is 9.19. The number of nitrogens with zero attached hydrogens (tertiary/aromatic N) is 2. The number of carbonyl (C=O) groups is 1. The largest absolute Gasteiger partial charge is 0.471 e. The smallest absolute Gasteiger partial charge is 0.320 e. The number of pyridine rings is 2. The number of halogens is 1. The van der Waals surface area contributed by atoms with Crippen LogP contribution < -0.4 is 16.4 Å². The Morgan fingerprint density at radius 3 is 2.41 bits per heavy atom. The third kappa shape index (κ3) is 9.49. The van der Waals surface area contributed by atoms with Gasteiger partial charge in [0.05, 0.1) is 11.3 Å². The van der Waals surface area contributed by atoms with Crippen molar-refractivity contribution in [3.63, 3.8) is 0 Å². The van der Waals surface area contributed by atoms with Crippen molar-refractivity contribution in [2.24, 2.45) is 0 Å². The Hall–Kier alpha value is -4.27. The minimum absolute atomic E-state index is 0. The number of carbonyl (C=O) groups excluding carboxylic acids is 1. The Morgan fingerprint density at radius 2 is 1.88 bits per heavy atom. The van der Waals surface area contributed by atoms with E-state index in [9.17, 15) is 9.18 Å². The average molecular weight is 445 g/mol. The maximum Gasteiger partial charge on any atom is 0.320 e. The summed E-state index contributed by atoms with van der Waals surface area (Å²) in [5.74, 6) is 0.0161. The molecule has 3 aromatic rings. The van der Waals surface area contributed by atoms with Crippen molar-refractivity contribution in [3.05, 3.63) is 97.2 Å². The molecule has 32 heavy (non-hydrogen) atoms. The lowest BCUT2D eigenvalue weighted by Gasteiger charge is -2.11. The summed E-state index contributed by atoms with van der Waals surface area (Å²) in [7, 11) is 0. The molecular formula is C23H33FN6O2. The van der Waals surface area contributed by atoms with Gasteiger partial charge in [-0.15, -0.1) is 13.2 Å². The lowest BCUT2D eigenvalue weighted by Crippen LogP contribution is -2.28. The average Bonchev–Trinajstić information content (AvgIpc) is 2.81. The number of rotatable bonds is 5. The van der Waals surface area contributed by atoms with Crippen LogP contribution in [0.25, 0.3) is 0 Å². The molecule has 9 heteroatoms. The molecule has 0 bridgehead atoms. The minimum atomic E-state index is -0.367. The summed E-state index contributed by atoms with van der Waals surface area (Å²) in [6, 6.07) is 14.5. The fourth-order valence-electron chi connectivity index (χ4n) is 2.17. The Labute approximate surface area is 191 Å². The molecule has 0 radical (unpaired) electrons. The monoisotopic (exact) mass is 444 g/mol. The van der Waals surface area contributed by atoms with E-state index in [1.54, 1.807) is 36.5 Å². The number of ether oxygens (including phenoxy) is 1. The first-order valence-corrected chi connectivity index (χ1v) is 9.62.